The van der Waals surface area contributed by atoms with Gasteiger partial charge in [0.1, 0.15) is 24.3 Å². The van der Waals surface area contributed by atoms with Gasteiger partial charge in [0.05, 0.1) is 18.0 Å². The van der Waals surface area contributed by atoms with Crippen molar-refractivity contribution >= 4 is 12.1 Å². The van der Waals surface area contributed by atoms with Crippen molar-refractivity contribution in [3.63, 3.8) is 0 Å². The maximum atomic E-state index is 6.12. The predicted molar refractivity (Wildman–Crippen MR) is 129 cm³/mol. The molecular formula is C27H27N4O+. The van der Waals surface area contributed by atoms with Gasteiger partial charge in [-0.25, -0.2) is 0 Å². The third kappa shape index (κ3) is 3.36. The highest BCUT2D eigenvalue weighted by Gasteiger charge is 2.50. The van der Waals surface area contributed by atoms with E-state index in [1.165, 1.54) is 0 Å². The van der Waals surface area contributed by atoms with E-state index in [1.54, 1.807) is 0 Å². The van der Waals surface area contributed by atoms with Crippen LogP contribution in [0.25, 0.3) is 0 Å². The lowest BCUT2D eigenvalue weighted by molar-refractivity contribution is -0.872. The molecule has 32 heavy (non-hydrogen) atoms. The number of hydrogen-bond acceptors (Lipinski definition) is 4. The minimum Gasteiger partial charge on any atom is -0.489 e. The van der Waals surface area contributed by atoms with Gasteiger partial charge < -0.3 is 4.74 Å². The fourth-order valence-corrected chi connectivity index (χ4v) is 4.40. The van der Waals surface area contributed by atoms with Gasteiger partial charge in [-0.05, 0) is 37.6 Å². The second-order valence-electron chi connectivity index (χ2n) is 7.85. The van der Waals surface area contributed by atoms with Crippen LogP contribution in [-0.4, -0.2) is 34.7 Å². The molecule has 1 atom stereocenters. The topological polar surface area (TPSA) is 37.2 Å². The average molecular weight is 424 g/mol. The number of amidine groups is 1. The number of allylic oxidation sites excluding steroid dienone is 4. The monoisotopic (exact) mass is 423 g/mol. The molecule has 0 fully saturated rings. The Balaban J connectivity index is 1.54. The van der Waals surface area contributed by atoms with E-state index in [-0.39, 0.29) is 0 Å². The van der Waals surface area contributed by atoms with Crippen molar-refractivity contribution in [2.45, 2.75) is 20.5 Å². The number of aliphatic imine (C=N–C) groups is 2. The van der Waals surface area contributed by atoms with Crippen LogP contribution in [0.4, 0.5) is 0 Å². The van der Waals surface area contributed by atoms with E-state index in [0.717, 1.165) is 52.8 Å². The van der Waals surface area contributed by atoms with Crippen molar-refractivity contribution in [2.24, 2.45) is 9.98 Å². The summed E-state index contributed by atoms with van der Waals surface area (Å²) in [6.45, 7) is 6.66. The molecule has 2 aromatic rings. The minimum atomic E-state index is 0.444. The first-order chi connectivity index (χ1) is 15.8. The van der Waals surface area contributed by atoms with E-state index in [4.69, 9.17) is 9.73 Å². The molecule has 5 heteroatoms. The molecule has 0 amide bonds. The highest BCUT2D eigenvalue weighted by atomic mass is 16.5. The smallest absolute Gasteiger partial charge is 0.265 e. The van der Waals surface area contributed by atoms with E-state index < -0.39 is 0 Å². The van der Waals surface area contributed by atoms with E-state index in [9.17, 15) is 0 Å². The normalized spacial score (nSPS) is 20.8. The van der Waals surface area contributed by atoms with Crippen LogP contribution in [0.15, 0.2) is 112 Å². The fourth-order valence-electron chi connectivity index (χ4n) is 4.40. The standard InChI is InChI=1S/C27H27N4O/c1-3-30(4-2)31-17-16-28-19-25(31)26(22-12-8-13-22)29-27(31)23-14-9-15-24(18-23)32-20-21-10-6-5-7-11-21/h5-19H,3-4,20H2,1-2H3/q+1. The maximum Gasteiger partial charge on any atom is 0.265 e. The first kappa shape index (κ1) is 20.4. The molecule has 2 aromatic carbocycles. The lowest BCUT2D eigenvalue weighted by Gasteiger charge is -2.40. The number of benzene rings is 2. The van der Waals surface area contributed by atoms with E-state index in [0.29, 0.717) is 11.2 Å². The van der Waals surface area contributed by atoms with E-state index >= 15 is 0 Å². The van der Waals surface area contributed by atoms with E-state index in [1.807, 2.05) is 42.7 Å². The molecule has 0 saturated carbocycles. The summed E-state index contributed by atoms with van der Waals surface area (Å²) >= 11 is 0. The molecule has 0 radical (unpaired) electrons. The second-order valence-corrected chi connectivity index (χ2v) is 7.85. The van der Waals surface area contributed by atoms with Crippen LogP contribution < -0.4 is 4.74 Å². The van der Waals surface area contributed by atoms with Crippen molar-refractivity contribution < 1.29 is 9.33 Å². The van der Waals surface area contributed by atoms with Crippen LogP contribution in [0, 0.1) is 0 Å². The quantitative estimate of drug-likeness (QED) is 0.536. The van der Waals surface area contributed by atoms with Gasteiger partial charge >= 0.3 is 0 Å². The molecule has 1 unspecified atom stereocenters. The number of hydrogen-bond donors (Lipinski definition) is 0. The van der Waals surface area contributed by atoms with Gasteiger partial charge in [0.15, 0.2) is 0 Å². The Bertz CT molecular complexity index is 1200. The number of nitrogens with zero attached hydrogens (tertiary/aromatic N) is 4. The first-order valence-electron chi connectivity index (χ1n) is 11.1. The fraction of sp³-hybridized carbons (Fsp3) is 0.185. The summed E-state index contributed by atoms with van der Waals surface area (Å²) < 4.78 is 6.57. The summed E-state index contributed by atoms with van der Waals surface area (Å²) in [6.07, 6.45) is 12.2. The van der Waals surface area contributed by atoms with Crippen molar-refractivity contribution in [3.05, 3.63) is 113 Å². The van der Waals surface area contributed by atoms with Gasteiger partial charge in [-0.15, -0.1) is 9.60 Å². The van der Waals surface area contributed by atoms with E-state index in [2.05, 4.69) is 72.5 Å². The summed E-state index contributed by atoms with van der Waals surface area (Å²) in [4.78, 5) is 9.64. The summed E-state index contributed by atoms with van der Waals surface area (Å²) in [5.41, 5.74) is 5.39. The van der Waals surface area contributed by atoms with Crippen LogP contribution in [0.5, 0.6) is 5.75 Å². The molecule has 5 nitrogen and oxygen atoms in total. The second kappa shape index (κ2) is 8.54. The Morgan fingerprint density at radius 1 is 1.00 bits per heavy atom. The minimum absolute atomic E-state index is 0.444. The molecule has 5 rings (SSSR count). The zero-order chi connectivity index (χ0) is 22.0. The van der Waals surface area contributed by atoms with Gasteiger partial charge in [0.2, 0.25) is 5.70 Å². The lowest BCUT2D eigenvalue weighted by Crippen LogP contribution is -2.59. The lowest BCUT2D eigenvalue weighted by atomic mass is 10.0. The zero-order valence-corrected chi connectivity index (χ0v) is 18.5. The number of quaternary nitrogens is 1. The van der Waals surface area contributed by atoms with Gasteiger partial charge in [-0.3, -0.25) is 4.99 Å². The molecule has 0 bridgehead atoms. The summed E-state index contributed by atoms with van der Waals surface area (Å²) in [6, 6.07) is 18.5. The van der Waals surface area contributed by atoms with Gasteiger partial charge in [0.25, 0.3) is 5.84 Å². The van der Waals surface area contributed by atoms with Gasteiger partial charge in [-0.2, -0.15) is 4.99 Å². The average Bonchev–Trinajstić information content (AvgIpc) is 3.14. The third-order valence-corrected chi connectivity index (χ3v) is 6.06. The highest BCUT2D eigenvalue weighted by molar-refractivity contribution is 6.01. The number of rotatable bonds is 8. The van der Waals surface area contributed by atoms with Crippen molar-refractivity contribution in [1.82, 2.24) is 5.01 Å². The number of fused-ring (bicyclic) bond motifs is 1. The largest absolute Gasteiger partial charge is 0.489 e. The Morgan fingerprint density at radius 2 is 1.81 bits per heavy atom. The molecule has 0 saturated heterocycles. The Kier molecular flexibility index (Phi) is 5.43. The Morgan fingerprint density at radius 3 is 2.53 bits per heavy atom. The third-order valence-electron chi connectivity index (χ3n) is 6.06. The number of ether oxygens (including phenoxy) is 1. The van der Waals surface area contributed by atoms with Gasteiger partial charge in [0, 0.05) is 18.7 Å². The van der Waals surface area contributed by atoms with Crippen LogP contribution >= 0.6 is 0 Å². The SMILES string of the molecule is CCN(CC)[N+]12C=CN=CC1=C(C1=CC=C1)N=C2c1cccc(OCc2ccccc2)c1. The molecule has 160 valence electrons. The van der Waals surface area contributed by atoms with Crippen LogP contribution in [0.3, 0.4) is 0 Å². The Hall–Kier alpha value is -3.54. The van der Waals surface area contributed by atoms with Crippen LogP contribution in [-0.2, 0) is 6.61 Å². The summed E-state index contributed by atoms with van der Waals surface area (Å²) in [5.74, 6) is 1.80. The molecule has 0 N–H and O–H groups in total. The van der Waals surface area contributed by atoms with Crippen molar-refractivity contribution in [3.8, 4) is 5.75 Å². The molecule has 0 aromatic heterocycles. The zero-order valence-electron chi connectivity index (χ0n) is 18.5. The molecule has 0 spiro atoms. The first-order valence-corrected chi connectivity index (χ1v) is 11.1. The predicted octanol–water partition coefficient (Wildman–Crippen LogP) is 5.36. The molecule has 2 heterocycles. The Labute approximate surface area is 189 Å². The molecule has 2 aliphatic heterocycles. The van der Waals surface area contributed by atoms with Gasteiger partial charge in [-0.1, -0.05) is 54.6 Å². The van der Waals surface area contributed by atoms with Crippen molar-refractivity contribution in [1.29, 1.82) is 0 Å². The highest BCUT2D eigenvalue weighted by Crippen LogP contribution is 2.41. The molecule has 3 aliphatic rings. The van der Waals surface area contributed by atoms with Crippen molar-refractivity contribution in [2.75, 3.05) is 13.1 Å². The maximum absolute atomic E-state index is 6.12. The summed E-state index contributed by atoms with van der Waals surface area (Å²) in [7, 11) is 0. The van der Waals surface area contributed by atoms with Crippen LogP contribution in [0.2, 0.25) is 0 Å². The van der Waals surface area contributed by atoms with Crippen LogP contribution in [0.1, 0.15) is 25.0 Å². The molecule has 1 aliphatic carbocycles. The molecular weight excluding hydrogens is 396 g/mol. The summed E-state index contributed by atoms with van der Waals surface area (Å²) in [5, 5.41) is 2.39.